The number of aliphatic hydroxyl groups is 1. The van der Waals surface area contributed by atoms with E-state index in [1.54, 1.807) is 12.1 Å². The van der Waals surface area contributed by atoms with Crippen molar-refractivity contribution in [3.05, 3.63) is 29.8 Å². The molecule has 2 N–H and O–H groups in total. The molecule has 112 valence electrons. The minimum atomic E-state index is -0.608. The molecule has 0 aliphatic heterocycles. The predicted octanol–water partition coefficient (Wildman–Crippen LogP) is 2.94. The van der Waals surface area contributed by atoms with Crippen LogP contribution >= 0.6 is 9.24 Å². The monoisotopic (exact) mass is 295 g/mol. The molecular weight excluding hydrogens is 269 g/mol. The molecule has 0 amide bonds. The van der Waals surface area contributed by atoms with E-state index in [0.29, 0.717) is 0 Å². The van der Waals surface area contributed by atoms with E-state index in [2.05, 4.69) is 21.2 Å². The molecule has 2 rings (SSSR count). The number of rotatable bonds is 5. The number of hydrogen-bond acceptors (Lipinski definition) is 3. The summed E-state index contributed by atoms with van der Waals surface area (Å²) in [5, 5.41) is 20.6. The van der Waals surface area contributed by atoms with Crippen molar-refractivity contribution < 1.29 is 10.2 Å². The molecule has 2 atom stereocenters. The van der Waals surface area contributed by atoms with Crippen LogP contribution in [0.15, 0.2) is 24.3 Å². The summed E-state index contributed by atoms with van der Waals surface area (Å²) in [6, 6.07) is 7.33. The second-order valence-electron chi connectivity index (χ2n) is 6.03. The van der Waals surface area contributed by atoms with Gasteiger partial charge in [0.1, 0.15) is 5.75 Å². The Hall–Kier alpha value is -0.630. The zero-order chi connectivity index (χ0) is 14.6. The van der Waals surface area contributed by atoms with Crippen LogP contribution in [0.3, 0.4) is 0 Å². The first-order valence-electron chi connectivity index (χ1n) is 7.45. The molecule has 0 spiro atoms. The normalized spacial score (nSPS) is 20.0. The fraction of sp³-hybridized carbons (Fsp3) is 0.625. The molecule has 2 unspecified atom stereocenters. The Balaban J connectivity index is 2.25. The maximum absolute atomic E-state index is 11.1. The molecule has 20 heavy (non-hydrogen) atoms. The molecule has 1 fully saturated rings. The average molecular weight is 295 g/mol. The summed E-state index contributed by atoms with van der Waals surface area (Å²) < 4.78 is 0. The van der Waals surface area contributed by atoms with E-state index in [4.69, 9.17) is 0 Å². The summed E-state index contributed by atoms with van der Waals surface area (Å²) in [4.78, 5) is 2.22. The van der Waals surface area contributed by atoms with Gasteiger partial charge in [-0.2, -0.15) is 0 Å². The second-order valence-corrected chi connectivity index (χ2v) is 6.39. The Labute approximate surface area is 124 Å². The fourth-order valence-corrected chi connectivity index (χ4v) is 3.34. The van der Waals surface area contributed by atoms with E-state index in [-0.39, 0.29) is 11.7 Å². The third-order valence-corrected chi connectivity index (χ3v) is 5.09. The van der Waals surface area contributed by atoms with Crippen LogP contribution in [0.1, 0.15) is 43.6 Å². The van der Waals surface area contributed by atoms with Gasteiger partial charge >= 0.3 is 0 Å². The summed E-state index contributed by atoms with van der Waals surface area (Å²) in [6.45, 7) is 0.838. The fourth-order valence-electron chi connectivity index (χ4n) is 3.19. The van der Waals surface area contributed by atoms with Crippen molar-refractivity contribution in [2.75, 3.05) is 19.9 Å². The lowest BCUT2D eigenvalue weighted by Gasteiger charge is -2.41. The lowest BCUT2D eigenvalue weighted by Crippen LogP contribution is -2.43. The largest absolute Gasteiger partial charge is 0.508 e. The average Bonchev–Trinajstić information content (AvgIpc) is 2.46. The van der Waals surface area contributed by atoms with Gasteiger partial charge < -0.3 is 15.1 Å². The maximum Gasteiger partial charge on any atom is 0.115 e. The molecule has 1 aliphatic rings. The quantitative estimate of drug-likeness (QED) is 0.821. The first kappa shape index (κ1) is 15.8. The van der Waals surface area contributed by atoms with Crippen molar-refractivity contribution >= 4 is 9.24 Å². The molecule has 0 radical (unpaired) electrons. The van der Waals surface area contributed by atoms with Crippen LogP contribution in [0.4, 0.5) is 0 Å². The van der Waals surface area contributed by atoms with Crippen LogP contribution in [-0.4, -0.2) is 40.6 Å². The summed E-state index contributed by atoms with van der Waals surface area (Å²) in [7, 11) is 4.81. The van der Waals surface area contributed by atoms with Crippen LogP contribution < -0.4 is 0 Å². The number of hydrogen-bond donors (Lipinski definition) is 2. The number of aromatic hydroxyl groups is 1. The molecule has 1 aromatic carbocycles. The number of phenolic OH excluding ortho intramolecular Hbond substituents is 1. The van der Waals surface area contributed by atoms with Crippen molar-refractivity contribution in [2.45, 2.75) is 43.6 Å². The summed E-state index contributed by atoms with van der Waals surface area (Å²) >= 11 is 0. The third kappa shape index (κ3) is 3.72. The van der Waals surface area contributed by atoms with Crippen LogP contribution in [-0.2, 0) is 0 Å². The van der Waals surface area contributed by atoms with E-state index in [9.17, 15) is 10.2 Å². The zero-order valence-electron chi connectivity index (χ0n) is 12.3. The molecule has 0 heterocycles. The Bertz CT molecular complexity index is 415. The Morgan fingerprint density at radius 3 is 2.35 bits per heavy atom. The SMILES string of the molecule is CN(CP)CC(c1ccc(O)cc1)C1(O)CCCCC1. The highest BCUT2D eigenvalue weighted by atomic mass is 31.0. The first-order chi connectivity index (χ1) is 9.55. The van der Waals surface area contributed by atoms with Crippen LogP contribution in [0.5, 0.6) is 5.75 Å². The van der Waals surface area contributed by atoms with Crippen molar-refractivity contribution in [1.82, 2.24) is 4.90 Å². The second kappa shape index (κ2) is 6.89. The summed E-state index contributed by atoms with van der Waals surface area (Å²) in [5.74, 6) is 0.386. The molecule has 1 aromatic rings. The molecule has 4 heteroatoms. The number of phenols is 1. The lowest BCUT2D eigenvalue weighted by atomic mass is 9.72. The number of nitrogens with zero attached hydrogens (tertiary/aromatic N) is 1. The molecule has 0 saturated heterocycles. The molecule has 0 bridgehead atoms. The van der Waals surface area contributed by atoms with Crippen molar-refractivity contribution in [1.29, 1.82) is 0 Å². The molecule has 3 nitrogen and oxygen atoms in total. The highest BCUT2D eigenvalue weighted by molar-refractivity contribution is 7.16. The number of benzene rings is 1. The minimum absolute atomic E-state index is 0.106. The summed E-state index contributed by atoms with van der Waals surface area (Å²) in [6.07, 6.45) is 6.09. The van der Waals surface area contributed by atoms with E-state index >= 15 is 0 Å². The number of likely N-dealkylation sites (N-methyl/N-ethyl adjacent to an activating group) is 1. The van der Waals surface area contributed by atoms with Gasteiger partial charge in [-0.1, -0.05) is 31.4 Å². The van der Waals surface area contributed by atoms with Gasteiger partial charge in [0.15, 0.2) is 0 Å². The van der Waals surface area contributed by atoms with Gasteiger partial charge in [0, 0.05) is 18.7 Å². The standard InChI is InChI=1S/C16H26NO2P/c1-17(12-20)11-15(13-5-7-14(18)8-6-13)16(19)9-3-2-4-10-16/h5-8,15,18-19H,2-4,9-12,20H2,1H3. The van der Waals surface area contributed by atoms with Gasteiger partial charge in [-0.05, 0) is 37.6 Å². The highest BCUT2D eigenvalue weighted by Crippen LogP contribution is 2.40. The van der Waals surface area contributed by atoms with E-state index in [1.165, 1.54) is 6.42 Å². The molecule has 1 saturated carbocycles. The minimum Gasteiger partial charge on any atom is -0.508 e. The van der Waals surface area contributed by atoms with Crippen molar-refractivity contribution in [3.8, 4) is 5.75 Å². The Morgan fingerprint density at radius 1 is 1.20 bits per heavy atom. The Kier molecular flexibility index (Phi) is 5.42. The van der Waals surface area contributed by atoms with Gasteiger partial charge in [-0.3, -0.25) is 0 Å². The highest BCUT2D eigenvalue weighted by Gasteiger charge is 2.38. The molecular formula is C16H26NO2P. The van der Waals surface area contributed by atoms with Gasteiger partial charge in [-0.25, -0.2) is 0 Å². The summed E-state index contributed by atoms with van der Waals surface area (Å²) in [5.41, 5.74) is 0.515. The zero-order valence-corrected chi connectivity index (χ0v) is 13.4. The maximum atomic E-state index is 11.1. The topological polar surface area (TPSA) is 43.7 Å². The van der Waals surface area contributed by atoms with Crippen LogP contribution in [0.2, 0.25) is 0 Å². The first-order valence-corrected chi connectivity index (χ1v) is 8.27. The van der Waals surface area contributed by atoms with Crippen LogP contribution in [0, 0.1) is 0 Å². The van der Waals surface area contributed by atoms with Crippen molar-refractivity contribution in [2.24, 2.45) is 0 Å². The molecule has 1 aliphatic carbocycles. The van der Waals surface area contributed by atoms with Gasteiger partial charge in [0.25, 0.3) is 0 Å². The predicted molar refractivity (Wildman–Crippen MR) is 86.1 cm³/mol. The van der Waals surface area contributed by atoms with Crippen molar-refractivity contribution in [3.63, 3.8) is 0 Å². The van der Waals surface area contributed by atoms with Gasteiger partial charge in [-0.15, -0.1) is 9.24 Å². The van der Waals surface area contributed by atoms with E-state index in [0.717, 1.165) is 44.1 Å². The van der Waals surface area contributed by atoms with E-state index in [1.807, 2.05) is 12.1 Å². The van der Waals surface area contributed by atoms with Gasteiger partial charge in [0.05, 0.1) is 5.60 Å². The van der Waals surface area contributed by atoms with Gasteiger partial charge in [0.2, 0.25) is 0 Å². The Morgan fingerprint density at radius 2 is 1.80 bits per heavy atom. The third-order valence-electron chi connectivity index (χ3n) is 4.47. The smallest absolute Gasteiger partial charge is 0.115 e. The van der Waals surface area contributed by atoms with Crippen LogP contribution in [0.25, 0.3) is 0 Å². The lowest BCUT2D eigenvalue weighted by molar-refractivity contribution is -0.0281. The molecule has 0 aromatic heterocycles. The van der Waals surface area contributed by atoms with E-state index < -0.39 is 5.60 Å².